The summed E-state index contributed by atoms with van der Waals surface area (Å²) in [6, 6.07) is 41.8. The second kappa shape index (κ2) is 8.47. The van der Waals surface area contributed by atoms with Crippen LogP contribution in [-0.4, -0.2) is 0 Å². The summed E-state index contributed by atoms with van der Waals surface area (Å²) in [6.45, 7) is 0. The lowest BCUT2D eigenvalue weighted by Crippen LogP contribution is -2.17. The van der Waals surface area contributed by atoms with Crippen LogP contribution in [0.1, 0.15) is 0 Å². The molecule has 0 unspecified atom stereocenters. The molecule has 0 aliphatic heterocycles. The molecule has 0 saturated carbocycles. The van der Waals surface area contributed by atoms with E-state index >= 15 is 0 Å². The Morgan fingerprint density at radius 3 is 0.778 bits per heavy atom. The highest BCUT2D eigenvalue weighted by atomic mass is 32.2. The van der Waals surface area contributed by atoms with Gasteiger partial charge >= 0.3 is 0 Å². The molecule has 0 spiro atoms. The maximum Gasteiger partial charge on any atom is 0.0816 e. The normalized spacial score (nSPS) is 10.4. The summed E-state index contributed by atoms with van der Waals surface area (Å²) in [5, 5.41) is 0. The molecule has 0 atom stereocenters. The molecular formula is C24H20N2S. The molecule has 0 aliphatic rings. The van der Waals surface area contributed by atoms with Crippen molar-refractivity contribution in [2.75, 3.05) is 8.61 Å². The fourth-order valence-electron chi connectivity index (χ4n) is 2.82. The lowest BCUT2D eigenvalue weighted by atomic mass is 10.3. The third kappa shape index (κ3) is 4.15. The van der Waals surface area contributed by atoms with Crippen LogP contribution in [0.4, 0.5) is 22.7 Å². The van der Waals surface area contributed by atoms with Gasteiger partial charge in [-0.3, -0.25) is 8.61 Å². The molecule has 27 heavy (non-hydrogen) atoms. The summed E-state index contributed by atoms with van der Waals surface area (Å²) < 4.78 is 4.50. The predicted molar refractivity (Wildman–Crippen MR) is 118 cm³/mol. The van der Waals surface area contributed by atoms with Crippen LogP contribution in [0.15, 0.2) is 121 Å². The lowest BCUT2D eigenvalue weighted by molar-refractivity contribution is 1.38. The molecule has 2 nitrogen and oxygen atoms in total. The minimum Gasteiger partial charge on any atom is -0.267 e. The minimum atomic E-state index is 1.13. The summed E-state index contributed by atoms with van der Waals surface area (Å²) in [5.74, 6) is 0. The molecule has 0 aliphatic carbocycles. The zero-order valence-corrected chi connectivity index (χ0v) is 15.7. The average Bonchev–Trinajstić information content (AvgIpc) is 2.77. The molecule has 0 saturated heterocycles. The summed E-state index contributed by atoms with van der Waals surface area (Å²) >= 11 is 1.67. The Morgan fingerprint density at radius 1 is 0.333 bits per heavy atom. The maximum atomic E-state index is 2.25. The molecule has 0 bridgehead atoms. The fourth-order valence-corrected chi connectivity index (χ4v) is 3.85. The second-order valence-electron chi connectivity index (χ2n) is 6.01. The van der Waals surface area contributed by atoms with Crippen LogP contribution in [0.2, 0.25) is 0 Å². The van der Waals surface area contributed by atoms with E-state index in [9.17, 15) is 0 Å². The van der Waals surface area contributed by atoms with Gasteiger partial charge in [0.05, 0.1) is 34.9 Å². The zero-order valence-electron chi connectivity index (χ0n) is 14.8. The highest BCUT2D eigenvalue weighted by Gasteiger charge is 2.18. The number of hydrogen-bond acceptors (Lipinski definition) is 3. The average molecular weight is 369 g/mol. The molecule has 0 N–H and O–H groups in total. The van der Waals surface area contributed by atoms with Crippen LogP contribution < -0.4 is 8.61 Å². The van der Waals surface area contributed by atoms with Crippen molar-refractivity contribution in [2.24, 2.45) is 0 Å². The molecule has 3 heteroatoms. The van der Waals surface area contributed by atoms with Crippen molar-refractivity contribution in [3.8, 4) is 0 Å². The Hall–Kier alpha value is -3.17. The molecule has 4 aromatic rings. The van der Waals surface area contributed by atoms with E-state index in [1.54, 1.807) is 12.1 Å². The second-order valence-corrected chi connectivity index (χ2v) is 6.91. The van der Waals surface area contributed by atoms with Crippen LogP contribution in [0.5, 0.6) is 0 Å². The summed E-state index contributed by atoms with van der Waals surface area (Å²) in [4.78, 5) is 0. The first-order valence-electron chi connectivity index (χ1n) is 8.90. The van der Waals surface area contributed by atoms with Gasteiger partial charge in [-0.25, -0.2) is 0 Å². The molecule has 0 radical (unpaired) electrons. The van der Waals surface area contributed by atoms with Crippen LogP contribution in [0, 0.1) is 0 Å². The maximum absolute atomic E-state index is 2.25. The first kappa shape index (κ1) is 17.3. The van der Waals surface area contributed by atoms with Gasteiger partial charge < -0.3 is 0 Å². The topological polar surface area (TPSA) is 6.48 Å². The Morgan fingerprint density at radius 2 is 0.556 bits per heavy atom. The Labute approximate surface area is 165 Å². The Balaban J connectivity index is 1.77. The third-order valence-corrected chi connectivity index (χ3v) is 5.30. The van der Waals surface area contributed by atoms with Crippen LogP contribution in [0.25, 0.3) is 0 Å². The summed E-state index contributed by atoms with van der Waals surface area (Å²) in [6.07, 6.45) is 0. The summed E-state index contributed by atoms with van der Waals surface area (Å²) in [7, 11) is 0. The number of nitrogens with zero attached hydrogens (tertiary/aromatic N) is 2. The molecule has 132 valence electrons. The van der Waals surface area contributed by atoms with E-state index < -0.39 is 0 Å². The Kier molecular flexibility index (Phi) is 5.42. The van der Waals surface area contributed by atoms with Gasteiger partial charge in [0.1, 0.15) is 0 Å². The van der Waals surface area contributed by atoms with Crippen molar-refractivity contribution in [2.45, 2.75) is 0 Å². The molecule has 4 aromatic carbocycles. The molecule has 0 amide bonds. The highest BCUT2D eigenvalue weighted by molar-refractivity contribution is 8.02. The van der Waals surface area contributed by atoms with Crippen LogP contribution in [-0.2, 0) is 0 Å². The SMILES string of the molecule is c1ccc(N(SN(c2ccccc2)c2ccccc2)c2ccccc2)cc1. The number of hydrogen-bond donors (Lipinski definition) is 0. The first-order valence-corrected chi connectivity index (χ1v) is 9.63. The molecule has 0 aromatic heterocycles. The number of para-hydroxylation sites is 4. The van der Waals surface area contributed by atoms with Gasteiger partial charge in [0.2, 0.25) is 0 Å². The number of benzene rings is 4. The van der Waals surface area contributed by atoms with E-state index in [2.05, 4.69) is 106 Å². The molecular weight excluding hydrogens is 348 g/mol. The zero-order chi connectivity index (χ0) is 18.3. The molecule has 0 fully saturated rings. The van der Waals surface area contributed by atoms with Crippen molar-refractivity contribution >= 4 is 34.9 Å². The predicted octanol–water partition coefficient (Wildman–Crippen LogP) is 7.23. The van der Waals surface area contributed by atoms with Crippen LogP contribution >= 0.6 is 12.1 Å². The van der Waals surface area contributed by atoms with Crippen molar-refractivity contribution in [1.82, 2.24) is 0 Å². The van der Waals surface area contributed by atoms with Gasteiger partial charge in [0, 0.05) is 0 Å². The van der Waals surface area contributed by atoms with E-state index in [0.717, 1.165) is 22.7 Å². The highest BCUT2D eigenvalue weighted by Crippen LogP contribution is 2.40. The van der Waals surface area contributed by atoms with Gasteiger partial charge in [0.15, 0.2) is 0 Å². The van der Waals surface area contributed by atoms with E-state index in [1.165, 1.54) is 0 Å². The van der Waals surface area contributed by atoms with Gasteiger partial charge in [-0.15, -0.1) is 0 Å². The van der Waals surface area contributed by atoms with Crippen LogP contribution in [0.3, 0.4) is 0 Å². The van der Waals surface area contributed by atoms with E-state index in [4.69, 9.17) is 0 Å². The van der Waals surface area contributed by atoms with Gasteiger partial charge in [-0.05, 0) is 48.5 Å². The third-order valence-electron chi connectivity index (χ3n) is 4.13. The largest absolute Gasteiger partial charge is 0.267 e. The van der Waals surface area contributed by atoms with Crippen molar-refractivity contribution in [3.05, 3.63) is 121 Å². The Bertz CT molecular complexity index is 785. The first-order chi connectivity index (χ1) is 13.4. The molecule has 0 heterocycles. The van der Waals surface area contributed by atoms with Crippen molar-refractivity contribution in [1.29, 1.82) is 0 Å². The van der Waals surface area contributed by atoms with Gasteiger partial charge in [0.25, 0.3) is 0 Å². The minimum absolute atomic E-state index is 1.13. The fraction of sp³-hybridized carbons (Fsp3) is 0. The van der Waals surface area contributed by atoms with E-state index in [1.807, 2.05) is 24.3 Å². The van der Waals surface area contributed by atoms with Crippen molar-refractivity contribution in [3.63, 3.8) is 0 Å². The van der Waals surface area contributed by atoms with Gasteiger partial charge in [-0.1, -0.05) is 72.8 Å². The molecule has 4 rings (SSSR count). The monoisotopic (exact) mass is 368 g/mol. The number of anilines is 4. The smallest absolute Gasteiger partial charge is 0.0816 e. The lowest BCUT2D eigenvalue weighted by Gasteiger charge is -2.31. The van der Waals surface area contributed by atoms with E-state index in [0.29, 0.717) is 0 Å². The summed E-state index contributed by atoms with van der Waals surface area (Å²) in [5.41, 5.74) is 4.52. The van der Waals surface area contributed by atoms with E-state index in [-0.39, 0.29) is 0 Å². The van der Waals surface area contributed by atoms with Gasteiger partial charge in [-0.2, -0.15) is 0 Å². The van der Waals surface area contributed by atoms with Crippen molar-refractivity contribution < 1.29 is 0 Å². The standard InChI is InChI=1S/C24H20N2S/c1-5-13-21(14-6-1)25(22-15-7-2-8-16-22)27-26(23-17-9-3-10-18-23)24-19-11-4-12-20-24/h1-20H. The quantitative estimate of drug-likeness (QED) is 0.332. The number of rotatable bonds is 6.